The second-order valence-electron chi connectivity index (χ2n) is 5.53. The maximum Gasteiger partial charge on any atom is 0.209 e. The maximum absolute atomic E-state index is 12.7. The molecule has 0 aliphatic rings. The number of ether oxygens (including phenoxy) is 2. The van der Waals surface area contributed by atoms with Gasteiger partial charge in [0.05, 0.1) is 19.5 Å². The minimum atomic E-state index is -0.340. The first-order chi connectivity index (χ1) is 12.6. The Balaban J connectivity index is 1.73. The van der Waals surface area contributed by atoms with Gasteiger partial charge in [-0.25, -0.2) is 4.98 Å². The van der Waals surface area contributed by atoms with Gasteiger partial charge in [-0.3, -0.25) is 9.89 Å². The Kier molecular flexibility index (Phi) is 5.58. The average molecular weight is 369 g/mol. The quantitative estimate of drug-likeness (QED) is 0.503. The van der Waals surface area contributed by atoms with Gasteiger partial charge >= 0.3 is 0 Å². The monoisotopic (exact) mass is 369 g/mol. The Morgan fingerprint density at radius 2 is 1.81 bits per heavy atom. The van der Waals surface area contributed by atoms with Gasteiger partial charge in [0.25, 0.3) is 0 Å². The lowest BCUT2D eigenvalue weighted by molar-refractivity contribution is 0.0993. The number of aromatic amines is 1. The average Bonchev–Trinajstić information content (AvgIpc) is 3.16. The molecule has 6 nitrogen and oxygen atoms in total. The summed E-state index contributed by atoms with van der Waals surface area (Å²) in [6.45, 7) is 1.84. The number of hydrogen-bond donors (Lipinski definition) is 1. The topological polar surface area (TPSA) is 77.1 Å². The van der Waals surface area contributed by atoms with Crippen LogP contribution in [0.3, 0.4) is 0 Å². The van der Waals surface area contributed by atoms with Crippen LogP contribution in [-0.2, 0) is 0 Å². The summed E-state index contributed by atoms with van der Waals surface area (Å²) in [5, 5.41) is 7.30. The van der Waals surface area contributed by atoms with Gasteiger partial charge in [0, 0.05) is 11.1 Å². The Bertz CT molecular complexity index is 896. The summed E-state index contributed by atoms with van der Waals surface area (Å²) in [6.07, 6.45) is 0. The zero-order chi connectivity index (χ0) is 18.5. The van der Waals surface area contributed by atoms with Crippen LogP contribution in [0.15, 0.2) is 53.7 Å². The van der Waals surface area contributed by atoms with Gasteiger partial charge in [-0.2, -0.15) is 0 Å². The highest BCUT2D eigenvalue weighted by molar-refractivity contribution is 8.00. The lowest BCUT2D eigenvalue weighted by Crippen LogP contribution is -2.14. The molecule has 0 spiro atoms. The summed E-state index contributed by atoms with van der Waals surface area (Å²) in [6, 6.07) is 14.9. The van der Waals surface area contributed by atoms with Crippen molar-refractivity contribution in [3.05, 3.63) is 54.1 Å². The van der Waals surface area contributed by atoms with Crippen LogP contribution < -0.4 is 9.47 Å². The molecular formula is C19H19N3O3S. The molecule has 1 heterocycles. The number of hydrogen-bond acceptors (Lipinski definition) is 6. The van der Waals surface area contributed by atoms with E-state index in [-0.39, 0.29) is 11.0 Å². The molecule has 0 fully saturated rings. The lowest BCUT2D eigenvalue weighted by Gasteiger charge is -2.11. The van der Waals surface area contributed by atoms with Crippen LogP contribution in [0.25, 0.3) is 11.4 Å². The Morgan fingerprint density at radius 3 is 2.50 bits per heavy atom. The van der Waals surface area contributed by atoms with Crippen molar-refractivity contribution >= 4 is 17.5 Å². The van der Waals surface area contributed by atoms with Crippen LogP contribution in [0, 0.1) is 0 Å². The molecular weight excluding hydrogens is 350 g/mol. The van der Waals surface area contributed by atoms with Crippen molar-refractivity contribution in [1.82, 2.24) is 15.2 Å². The van der Waals surface area contributed by atoms with Gasteiger partial charge in [0.15, 0.2) is 23.1 Å². The van der Waals surface area contributed by atoms with Gasteiger partial charge in [0.1, 0.15) is 0 Å². The Morgan fingerprint density at radius 1 is 1.08 bits per heavy atom. The van der Waals surface area contributed by atoms with E-state index in [0.717, 1.165) is 5.56 Å². The fraction of sp³-hybridized carbons (Fsp3) is 0.211. The molecule has 1 atom stereocenters. The minimum absolute atomic E-state index is 0.0259. The van der Waals surface area contributed by atoms with Crippen molar-refractivity contribution in [1.29, 1.82) is 0 Å². The van der Waals surface area contributed by atoms with E-state index < -0.39 is 0 Å². The molecule has 0 bridgehead atoms. The molecule has 3 rings (SSSR count). The molecule has 0 aliphatic heterocycles. The van der Waals surface area contributed by atoms with E-state index in [0.29, 0.717) is 28.0 Å². The van der Waals surface area contributed by atoms with Crippen molar-refractivity contribution < 1.29 is 14.3 Å². The van der Waals surface area contributed by atoms with Crippen molar-refractivity contribution in [2.75, 3.05) is 14.2 Å². The first-order valence-corrected chi connectivity index (χ1v) is 8.91. The fourth-order valence-corrected chi connectivity index (χ4v) is 3.26. The zero-order valence-corrected chi connectivity index (χ0v) is 15.5. The lowest BCUT2D eigenvalue weighted by atomic mass is 10.1. The first-order valence-electron chi connectivity index (χ1n) is 8.03. The van der Waals surface area contributed by atoms with Gasteiger partial charge in [-0.05, 0) is 25.1 Å². The summed E-state index contributed by atoms with van der Waals surface area (Å²) in [4.78, 5) is 17.2. The van der Waals surface area contributed by atoms with Crippen LogP contribution in [-0.4, -0.2) is 40.4 Å². The summed E-state index contributed by atoms with van der Waals surface area (Å²) >= 11 is 1.31. The van der Waals surface area contributed by atoms with Gasteiger partial charge in [-0.15, -0.1) is 5.10 Å². The second kappa shape index (κ2) is 8.05. The number of ketones is 1. The minimum Gasteiger partial charge on any atom is -0.493 e. The smallest absolute Gasteiger partial charge is 0.209 e. The molecule has 0 aliphatic carbocycles. The van der Waals surface area contributed by atoms with E-state index in [1.807, 2.05) is 37.3 Å². The number of nitrogens with one attached hydrogen (secondary N) is 1. The molecule has 0 saturated heterocycles. The number of Topliss-reactive ketones (excluding diaryl/α,β-unsaturated/α-hetero) is 1. The highest BCUT2D eigenvalue weighted by Gasteiger charge is 2.20. The Hall–Kier alpha value is -2.80. The van der Waals surface area contributed by atoms with Crippen LogP contribution in [0.2, 0.25) is 0 Å². The van der Waals surface area contributed by atoms with Crippen molar-refractivity contribution in [3.8, 4) is 22.9 Å². The van der Waals surface area contributed by atoms with Crippen molar-refractivity contribution in [2.24, 2.45) is 0 Å². The molecule has 1 unspecified atom stereocenters. The van der Waals surface area contributed by atoms with E-state index in [9.17, 15) is 4.79 Å². The molecule has 2 aromatic carbocycles. The number of thioether (sulfide) groups is 1. The molecule has 1 aromatic heterocycles. The van der Waals surface area contributed by atoms with E-state index in [1.165, 1.54) is 11.8 Å². The van der Waals surface area contributed by atoms with Crippen LogP contribution in [0.1, 0.15) is 17.3 Å². The highest BCUT2D eigenvalue weighted by Crippen LogP contribution is 2.30. The first kappa shape index (κ1) is 18.0. The predicted molar refractivity (Wildman–Crippen MR) is 101 cm³/mol. The normalized spacial score (nSPS) is 11.8. The molecule has 26 heavy (non-hydrogen) atoms. The SMILES string of the molecule is COc1ccc(C(=O)C(C)Sc2n[nH]c(-c3ccccc3)n2)cc1OC. The fourth-order valence-electron chi connectivity index (χ4n) is 2.46. The second-order valence-corrected chi connectivity index (χ2v) is 6.83. The molecule has 1 N–H and O–H groups in total. The van der Waals surface area contributed by atoms with E-state index in [4.69, 9.17) is 9.47 Å². The van der Waals surface area contributed by atoms with Gasteiger partial charge < -0.3 is 9.47 Å². The standard InChI is InChI=1S/C19H19N3O3S/c1-12(17(23)14-9-10-15(24-2)16(11-14)25-3)26-19-20-18(21-22-19)13-7-5-4-6-8-13/h4-12H,1-3H3,(H,20,21,22). The Labute approximate surface area is 155 Å². The largest absolute Gasteiger partial charge is 0.493 e. The van der Waals surface area contributed by atoms with Crippen molar-refractivity contribution in [2.45, 2.75) is 17.3 Å². The highest BCUT2D eigenvalue weighted by atomic mass is 32.2. The summed E-state index contributed by atoms with van der Waals surface area (Å²) in [5.41, 5.74) is 1.51. The number of methoxy groups -OCH3 is 2. The van der Waals surface area contributed by atoms with Crippen molar-refractivity contribution in [3.63, 3.8) is 0 Å². The number of benzene rings is 2. The van der Waals surface area contributed by atoms with Gasteiger partial charge in [0.2, 0.25) is 5.16 Å². The summed E-state index contributed by atoms with van der Waals surface area (Å²) in [5.74, 6) is 1.77. The molecule has 3 aromatic rings. The van der Waals surface area contributed by atoms with Crippen LogP contribution in [0.5, 0.6) is 11.5 Å². The molecule has 7 heteroatoms. The number of carbonyl (C=O) groups excluding carboxylic acids is 1. The molecule has 134 valence electrons. The maximum atomic E-state index is 12.7. The number of H-pyrrole nitrogens is 1. The summed E-state index contributed by atoms with van der Waals surface area (Å²) < 4.78 is 10.5. The molecule has 0 amide bonds. The number of nitrogens with zero attached hydrogens (tertiary/aromatic N) is 2. The van der Waals surface area contributed by atoms with Gasteiger partial charge in [-0.1, -0.05) is 42.1 Å². The molecule has 0 saturated carbocycles. The van der Waals surface area contributed by atoms with E-state index >= 15 is 0 Å². The number of aromatic nitrogens is 3. The zero-order valence-electron chi connectivity index (χ0n) is 14.7. The van der Waals surface area contributed by atoms with E-state index in [2.05, 4.69) is 15.2 Å². The molecule has 0 radical (unpaired) electrons. The third-order valence-corrected chi connectivity index (χ3v) is 4.79. The summed E-state index contributed by atoms with van der Waals surface area (Å²) in [7, 11) is 3.11. The van der Waals surface area contributed by atoms with Crippen LogP contribution >= 0.6 is 11.8 Å². The van der Waals surface area contributed by atoms with Crippen LogP contribution in [0.4, 0.5) is 0 Å². The van der Waals surface area contributed by atoms with E-state index in [1.54, 1.807) is 32.4 Å². The number of rotatable bonds is 7. The third-order valence-electron chi connectivity index (χ3n) is 3.83. The number of carbonyl (C=O) groups is 1. The predicted octanol–water partition coefficient (Wildman–Crippen LogP) is 3.85. The third kappa shape index (κ3) is 3.88.